The molecule has 0 aliphatic carbocycles. The van der Waals surface area contributed by atoms with Crippen molar-refractivity contribution in [1.82, 2.24) is 9.78 Å². The SMILES string of the molecule is Cn1nc(C(F)(F)F)c(S(=O)(=O)Cl)c1Cl. The lowest BCUT2D eigenvalue weighted by molar-refractivity contribution is -0.143. The number of hydrogen-bond donors (Lipinski definition) is 0. The van der Waals surface area contributed by atoms with Gasteiger partial charge >= 0.3 is 6.18 Å². The standard InChI is InChI=1S/C5H3Cl2F3N2O2S/c1-12-4(6)2(15(7,13)14)3(11-12)5(8,9)10/h1H3. The minimum absolute atomic E-state index is 0.583. The van der Waals surface area contributed by atoms with Crippen molar-refractivity contribution >= 4 is 31.3 Å². The Morgan fingerprint density at radius 1 is 1.40 bits per heavy atom. The number of halogens is 5. The van der Waals surface area contributed by atoms with Crippen molar-refractivity contribution in [2.75, 3.05) is 0 Å². The number of aromatic nitrogens is 2. The molecule has 0 aliphatic rings. The van der Waals surface area contributed by atoms with Crippen LogP contribution in [0.5, 0.6) is 0 Å². The average Bonchev–Trinajstić information content (AvgIpc) is 2.25. The van der Waals surface area contributed by atoms with Crippen LogP contribution < -0.4 is 0 Å². The van der Waals surface area contributed by atoms with Gasteiger partial charge in [0.2, 0.25) is 0 Å². The zero-order valence-electron chi connectivity index (χ0n) is 7.01. The molecule has 1 heterocycles. The molecule has 86 valence electrons. The minimum Gasteiger partial charge on any atom is -0.255 e. The van der Waals surface area contributed by atoms with E-state index in [-0.39, 0.29) is 0 Å². The molecule has 0 saturated heterocycles. The second-order valence-corrected chi connectivity index (χ2v) is 5.39. The number of aryl methyl sites for hydroxylation is 1. The number of rotatable bonds is 1. The summed E-state index contributed by atoms with van der Waals surface area (Å²) in [6.07, 6.45) is -4.93. The van der Waals surface area contributed by atoms with Gasteiger partial charge in [0.1, 0.15) is 5.15 Å². The monoisotopic (exact) mass is 282 g/mol. The lowest BCUT2D eigenvalue weighted by Crippen LogP contribution is -2.10. The first-order valence-electron chi connectivity index (χ1n) is 3.29. The van der Waals surface area contributed by atoms with Gasteiger partial charge in [0.15, 0.2) is 10.6 Å². The van der Waals surface area contributed by atoms with Gasteiger partial charge in [0, 0.05) is 17.7 Å². The Labute approximate surface area is 92.0 Å². The molecular formula is C5H3Cl2F3N2O2S. The average molecular weight is 283 g/mol. The van der Waals surface area contributed by atoms with Crippen molar-refractivity contribution in [3.63, 3.8) is 0 Å². The number of nitrogens with zero attached hydrogens (tertiary/aromatic N) is 2. The molecular weight excluding hydrogens is 280 g/mol. The summed E-state index contributed by atoms with van der Waals surface area (Å²) in [5.74, 6) is 0. The number of alkyl halides is 3. The maximum Gasteiger partial charge on any atom is 0.436 e. The molecule has 0 aliphatic heterocycles. The molecule has 1 aromatic heterocycles. The van der Waals surface area contributed by atoms with Crippen molar-refractivity contribution in [2.24, 2.45) is 7.05 Å². The highest BCUT2D eigenvalue weighted by molar-refractivity contribution is 8.13. The summed E-state index contributed by atoms with van der Waals surface area (Å²) < 4.78 is 59.3. The maximum absolute atomic E-state index is 12.3. The van der Waals surface area contributed by atoms with E-state index in [2.05, 4.69) is 5.10 Å². The molecule has 0 radical (unpaired) electrons. The second kappa shape index (κ2) is 3.53. The van der Waals surface area contributed by atoms with Gasteiger partial charge in [-0.15, -0.1) is 0 Å². The Morgan fingerprint density at radius 3 is 2.13 bits per heavy atom. The molecule has 15 heavy (non-hydrogen) atoms. The first-order chi connectivity index (χ1) is 6.55. The summed E-state index contributed by atoms with van der Waals surface area (Å²) in [4.78, 5) is -1.22. The summed E-state index contributed by atoms with van der Waals surface area (Å²) in [6.45, 7) is 0. The quantitative estimate of drug-likeness (QED) is 0.741. The molecule has 0 atom stereocenters. The van der Waals surface area contributed by atoms with E-state index in [4.69, 9.17) is 22.3 Å². The minimum atomic E-state index is -4.93. The van der Waals surface area contributed by atoms with Crippen LogP contribution in [0.3, 0.4) is 0 Å². The predicted octanol–water partition coefficient (Wildman–Crippen LogP) is 2.02. The van der Waals surface area contributed by atoms with E-state index < -0.39 is 31.0 Å². The second-order valence-electron chi connectivity index (χ2n) is 2.53. The molecule has 10 heteroatoms. The molecule has 0 amide bonds. The fourth-order valence-electron chi connectivity index (χ4n) is 0.885. The van der Waals surface area contributed by atoms with Gasteiger partial charge in [-0.2, -0.15) is 18.3 Å². The fraction of sp³-hybridized carbons (Fsp3) is 0.400. The summed E-state index contributed by atoms with van der Waals surface area (Å²) >= 11 is 5.34. The van der Waals surface area contributed by atoms with Gasteiger partial charge in [-0.25, -0.2) is 8.42 Å². The van der Waals surface area contributed by atoms with Gasteiger partial charge in [-0.1, -0.05) is 11.6 Å². The summed E-state index contributed by atoms with van der Waals surface area (Å²) in [7, 11) is 1.31. The predicted molar refractivity (Wildman–Crippen MR) is 46.3 cm³/mol. The van der Waals surface area contributed by atoms with Crippen LogP contribution in [-0.4, -0.2) is 18.2 Å². The molecule has 0 spiro atoms. The van der Waals surface area contributed by atoms with Gasteiger partial charge in [0.25, 0.3) is 9.05 Å². The lowest BCUT2D eigenvalue weighted by atomic mass is 10.4. The Hall–Kier alpha value is -0.470. The van der Waals surface area contributed by atoms with Crippen LogP contribution in [-0.2, 0) is 22.3 Å². The smallest absolute Gasteiger partial charge is 0.255 e. The van der Waals surface area contributed by atoms with Crippen molar-refractivity contribution in [2.45, 2.75) is 11.1 Å². The highest BCUT2D eigenvalue weighted by Gasteiger charge is 2.42. The van der Waals surface area contributed by atoms with Gasteiger partial charge in [-0.05, 0) is 0 Å². The topological polar surface area (TPSA) is 52.0 Å². The van der Waals surface area contributed by atoms with Crippen LogP contribution in [0, 0.1) is 0 Å². The Bertz CT molecular complexity index is 493. The lowest BCUT2D eigenvalue weighted by Gasteiger charge is -2.03. The largest absolute Gasteiger partial charge is 0.436 e. The van der Waals surface area contributed by atoms with Crippen LogP contribution in [0.15, 0.2) is 4.90 Å². The van der Waals surface area contributed by atoms with Gasteiger partial charge in [0.05, 0.1) is 0 Å². The van der Waals surface area contributed by atoms with E-state index in [1.54, 1.807) is 0 Å². The summed E-state index contributed by atoms with van der Waals surface area (Å²) in [6, 6.07) is 0. The molecule has 0 fully saturated rings. The van der Waals surface area contributed by atoms with Crippen LogP contribution in [0.4, 0.5) is 13.2 Å². The van der Waals surface area contributed by atoms with Crippen LogP contribution >= 0.6 is 22.3 Å². The van der Waals surface area contributed by atoms with E-state index in [0.717, 1.165) is 7.05 Å². The van der Waals surface area contributed by atoms with E-state index >= 15 is 0 Å². The van der Waals surface area contributed by atoms with Crippen LogP contribution in [0.2, 0.25) is 5.15 Å². The molecule has 1 rings (SSSR count). The molecule has 0 N–H and O–H groups in total. The zero-order chi connectivity index (χ0) is 12.0. The summed E-state index contributed by atoms with van der Waals surface area (Å²) in [5.41, 5.74) is -1.62. The van der Waals surface area contributed by atoms with Crippen LogP contribution in [0.1, 0.15) is 5.69 Å². The Kier molecular flexibility index (Phi) is 2.97. The van der Waals surface area contributed by atoms with E-state index in [1.807, 2.05) is 0 Å². The van der Waals surface area contributed by atoms with E-state index in [1.165, 1.54) is 0 Å². The first kappa shape index (κ1) is 12.6. The first-order valence-corrected chi connectivity index (χ1v) is 5.98. The molecule has 1 aromatic rings. The van der Waals surface area contributed by atoms with Gasteiger partial charge in [-0.3, -0.25) is 4.68 Å². The highest BCUT2D eigenvalue weighted by Crippen LogP contribution is 2.38. The van der Waals surface area contributed by atoms with Crippen LogP contribution in [0.25, 0.3) is 0 Å². The third-order valence-corrected chi connectivity index (χ3v) is 3.33. The Balaban J connectivity index is 3.63. The maximum atomic E-state index is 12.3. The van der Waals surface area contributed by atoms with Crippen molar-refractivity contribution in [3.05, 3.63) is 10.8 Å². The Morgan fingerprint density at radius 2 is 1.87 bits per heavy atom. The third-order valence-electron chi connectivity index (χ3n) is 1.45. The third kappa shape index (κ3) is 2.37. The van der Waals surface area contributed by atoms with Crippen molar-refractivity contribution < 1.29 is 21.6 Å². The van der Waals surface area contributed by atoms with Gasteiger partial charge < -0.3 is 0 Å². The van der Waals surface area contributed by atoms with Crippen molar-refractivity contribution in [3.8, 4) is 0 Å². The summed E-state index contributed by atoms with van der Waals surface area (Å²) in [5, 5.41) is 2.26. The normalized spacial score (nSPS) is 13.2. The molecule has 0 bridgehead atoms. The van der Waals surface area contributed by atoms with Crippen molar-refractivity contribution in [1.29, 1.82) is 0 Å². The molecule has 0 unspecified atom stereocenters. The zero-order valence-corrected chi connectivity index (χ0v) is 9.34. The highest BCUT2D eigenvalue weighted by atomic mass is 35.7. The molecule has 0 saturated carbocycles. The van der Waals surface area contributed by atoms with E-state index in [9.17, 15) is 21.6 Å². The fourth-order valence-corrected chi connectivity index (χ4v) is 2.60. The van der Waals surface area contributed by atoms with E-state index in [0.29, 0.717) is 4.68 Å². The number of hydrogen-bond acceptors (Lipinski definition) is 3. The molecule has 4 nitrogen and oxygen atoms in total. The molecule has 0 aromatic carbocycles.